The highest BCUT2D eigenvalue weighted by Gasteiger charge is 2.11. The molecule has 1 aromatic heterocycles. The molecule has 0 fully saturated rings. The van der Waals surface area contributed by atoms with E-state index in [0.29, 0.717) is 6.54 Å². The molecule has 1 atom stereocenters. The third-order valence-corrected chi connectivity index (χ3v) is 3.95. The molecular formula is C13H15Br2N3O. The van der Waals surface area contributed by atoms with Gasteiger partial charge in [0, 0.05) is 34.4 Å². The van der Waals surface area contributed by atoms with Crippen molar-refractivity contribution in [2.45, 2.75) is 19.5 Å². The molecule has 2 rings (SSSR count). The molecule has 1 aromatic carbocycles. The number of halogens is 2. The summed E-state index contributed by atoms with van der Waals surface area (Å²) in [6, 6.07) is 4.25. The van der Waals surface area contributed by atoms with Gasteiger partial charge in [0.1, 0.15) is 5.75 Å². The molecule has 102 valence electrons. The highest BCUT2D eigenvalue weighted by atomic mass is 79.9. The van der Waals surface area contributed by atoms with Crippen LogP contribution >= 0.6 is 31.9 Å². The van der Waals surface area contributed by atoms with Gasteiger partial charge in [-0.3, -0.25) is 5.10 Å². The normalized spacial score (nSPS) is 12.4. The largest absolute Gasteiger partial charge is 0.495 e. The van der Waals surface area contributed by atoms with Crippen molar-refractivity contribution in [1.82, 2.24) is 15.5 Å². The van der Waals surface area contributed by atoms with Gasteiger partial charge in [-0.25, -0.2) is 0 Å². The lowest BCUT2D eigenvalue weighted by atomic mass is 10.1. The van der Waals surface area contributed by atoms with Crippen molar-refractivity contribution in [2.75, 3.05) is 7.11 Å². The lowest BCUT2D eigenvalue weighted by molar-refractivity contribution is 0.403. The van der Waals surface area contributed by atoms with E-state index in [1.165, 1.54) is 0 Å². The summed E-state index contributed by atoms with van der Waals surface area (Å²) in [5, 5.41) is 10.2. The maximum absolute atomic E-state index is 5.43. The maximum Gasteiger partial charge on any atom is 0.137 e. The van der Waals surface area contributed by atoms with Gasteiger partial charge in [-0.15, -0.1) is 0 Å². The molecule has 0 aliphatic heterocycles. The standard InChI is InChI=1S/C13H15Br2N3O/c1-8(10-6-17-18-7-10)16-5-9-3-11(14)4-12(15)13(9)19-2/h3-4,6-8,16H,5H2,1-2H3,(H,17,18). The minimum Gasteiger partial charge on any atom is -0.495 e. The molecule has 0 amide bonds. The Balaban J connectivity index is 2.11. The van der Waals surface area contributed by atoms with Crippen LogP contribution < -0.4 is 10.1 Å². The van der Waals surface area contributed by atoms with Crippen molar-refractivity contribution in [3.8, 4) is 5.75 Å². The molecule has 0 aliphatic rings. The van der Waals surface area contributed by atoms with Crippen LogP contribution in [0.2, 0.25) is 0 Å². The molecule has 0 radical (unpaired) electrons. The van der Waals surface area contributed by atoms with Crippen LogP contribution in [0.25, 0.3) is 0 Å². The summed E-state index contributed by atoms with van der Waals surface area (Å²) in [6.45, 7) is 2.82. The monoisotopic (exact) mass is 387 g/mol. The zero-order chi connectivity index (χ0) is 13.8. The summed E-state index contributed by atoms with van der Waals surface area (Å²) in [7, 11) is 1.68. The molecule has 1 heterocycles. The van der Waals surface area contributed by atoms with Crippen LogP contribution in [0.5, 0.6) is 5.75 Å². The lowest BCUT2D eigenvalue weighted by Crippen LogP contribution is -2.18. The number of hydrogen-bond donors (Lipinski definition) is 2. The zero-order valence-electron chi connectivity index (χ0n) is 10.7. The number of benzene rings is 1. The van der Waals surface area contributed by atoms with Gasteiger partial charge >= 0.3 is 0 Å². The minimum absolute atomic E-state index is 0.223. The smallest absolute Gasteiger partial charge is 0.137 e. The first-order valence-corrected chi connectivity index (χ1v) is 7.44. The van der Waals surface area contributed by atoms with Gasteiger partial charge in [-0.2, -0.15) is 5.10 Å². The highest BCUT2D eigenvalue weighted by Crippen LogP contribution is 2.32. The number of nitrogens with zero attached hydrogens (tertiary/aromatic N) is 1. The van der Waals surface area contributed by atoms with E-state index in [2.05, 4.69) is 60.4 Å². The molecule has 2 aromatic rings. The van der Waals surface area contributed by atoms with E-state index in [9.17, 15) is 0 Å². The summed E-state index contributed by atoms with van der Waals surface area (Å²) >= 11 is 7.00. The van der Waals surface area contributed by atoms with Gasteiger partial charge < -0.3 is 10.1 Å². The van der Waals surface area contributed by atoms with E-state index in [1.54, 1.807) is 7.11 Å². The minimum atomic E-state index is 0.223. The van der Waals surface area contributed by atoms with E-state index < -0.39 is 0 Å². The SMILES string of the molecule is COc1c(Br)cc(Br)cc1CNC(C)c1cn[nH]c1. The Hall–Kier alpha value is -0.850. The number of ether oxygens (including phenoxy) is 1. The zero-order valence-corrected chi connectivity index (χ0v) is 13.9. The Labute approximate surface area is 129 Å². The Bertz CT molecular complexity index is 543. The van der Waals surface area contributed by atoms with Crippen LogP contribution in [-0.4, -0.2) is 17.3 Å². The average Bonchev–Trinajstić information content (AvgIpc) is 2.89. The molecule has 0 spiro atoms. The molecule has 4 nitrogen and oxygen atoms in total. The fraction of sp³-hybridized carbons (Fsp3) is 0.308. The lowest BCUT2D eigenvalue weighted by Gasteiger charge is -2.15. The van der Waals surface area contributed by atoms with Crippen molar-refractivity contribution in [2.24, 2.45) is 0 Å². The Kier molecular flexibility index (Phi) is 5.01. The van der Waals surface area contributed by atoms with E-state index in [4.69, 9.17) is 4.74 Å². The summed E-state index contributed by atoms with van der Waals surface area (Å²) in [6.07, 6.45) is 3.72. The first kappa shape index (κ1) is 14.6. The Morgan fingerprint density at radius 3 is 2.84 bits per heavy atom. The molecule has 1 unspecified atom stereocenters. The second-order valence-electron chi connectivity index (χ2n) is 4.21. The topological polar surface area (TPSA) is 49.9 Å². The van der Waals surface area contributed by atoms with E-state index in [0.717, 1.165) is 25.8 Å². The number of aromatic nitrogens is 2. The summed E-state index contributed by atoms with van der Waals surface area (Å²) in [5.41, 5.74) is 2.23. The van der Waals surface area contributed by atoms with Crippen molar-refractivity contribution in [1.29, 1.82) is 0 Å². The van der Waals surface area contributed by atoms with Gasteiger partial charge in [-0.05, 0) is 35.0 Å². The van der Waals surface area contributed by atoms with Crippen molar-refractivity contribution in [3.63, 3.8) is 0 Å². The Morgan fingerprint density at radius 1 is 1.42 bits per heavy atom. The first-order chi connectivity index (χ1) is 9.11. The van der Waals surface area contributed by atoms with Gasteiger partial charge in [0.25, 0.3) is 0 Å². The van der Waals surface area contributed by atoms with Crippen molar-refractivity contribution in [3.05, 3.63) is 44.6 Å². The van der Waals surface area contributed by atoms with Crippen molar-refractivity contribution < 1.29 is 4.74 Å². The third-order valence-electron chi connectivity index (χ3n) is 2.91. The molecule has 6 heteroatoms. The van der Waals surface area contributed by atoms with E-state index in [1.807, 2.05) is 18.5 Å². The predicted octanol–water partition coefficient (Wildman–Crippen LogP) is 3.79. The molecule has 0 saturated heterocycles. The number of nitrogens with one attached hydrogen (secondary N) is 2. The first-order valence-electron chi connectivity index (χ1n) is 5.85. The van der Waals surface area contributed by atoms with Gasteiger partial charge in [0.05, 0.1) is 17.8 Å². The van der Waals surface area contributed by atoms with Crippen LogP contribution in [0.3, 0.4) is 0 Å². The summed E-state index contributed by atoms with van der Waals surface area (Å²) < 4.78 is 7.39. The summed E-state index contributed by atoms with van der Waals surface area (Å²) in [4.78, 5) is 0. The Morgan fingerprint density at radius 2 is 2.21 bits per heavy atom. The van der Waals surface area contributed by atoms with Crippen LogP contribution in [0.15, 0.2) is 33.5 Å². The quantitative estimate of drug-likeness (QED) is 0.819. The fourth-order valence-electron chi connectivity index (χ4n) is 1.85. The van der Waals surface area contributed by atoms with Crippen LogP contribution in [0.1, 0.15) is 24.1 Å². The number of methoxy groups -OCH3 is 1. The van der Waals surface area contributed by atoms with Gasteiger partial charge in [-0.1, -0.05) is 15.9 Å². The highest BCUT2D eigenvalue weighted by molar-refractivity contribution is 9.11. The van der Waals surface area contributed by atoms with Gasteiger partial charge in [0.15, 0.2) is 0 Å². The van der Waals surface area contributed by atoms with Crippen LogP contribution in [0, 0.1) is 0 Å². The number of rotatable bonds is 5. The van der Waals surface area contributed by atoms with Crippen LogP contribution in [-0.2, 0) is 6.54 Å². The number of hydrogen-bond acceptors (Lipinski definition) is 3. The molecule has 0 aliphatic carbocycles. The third kappa shape index (κ3) is 3.58. The molecule has 2 N–H and O–H groups in total. The summed E-state index contributed by atoms with van der Waals surface area (Å²) in [5.74, 6) is 0.857. The predicted molar refractivity (Wildman–Crippen MR) is 82.2 cm³/mol. The second kappa shape index (κ2) is 6.54. The van der Waals surface area contributed by atoms with Gasteiger partial charge in [0.2, 0.25) is 0 Å². The van der Waals surface area contributed by atoms with Crippen molar-refractivity contribution >= 4 is 31.9 Å². The van der Waals surface area contributed by atoms with E-state index in [-0.39, 0.29) is 6.04 Å². The number of aromatic amines is 1. The molecular weight excluding hydrogens is 374 g/mol. The van der Waals surface area contributed by atoms with Crippen LogP contribution in [0.4, 0.5) is 0 Å². The fourth-order valence-corrected chi connectivity index (χ4v) is 3.33. The molecule has 19 heavy (non-hydrogen) atoms. The van der Waals surface area contributed by atoms with E-state index >= 15 is 0 Å². The molecule has 0 bridgehead atoms. The maximum atomic E-state index is 5.43. The molecule has 0 saturated carbocycles. The second-order valence-corrected chi connectivity index (χ2v) is 5.98. The average molecular weight is 389 g/mol. The number of H-pyrrole nitrogens is 1.